The van der Waals surface area contributed by atoms with Crippen molar-refractivity contribution in [1.82, 2.24) is 0 Å². The molecule has 0 saturated carbocycles. The Labute approximate surface area is 98.6 Å². The minimum Gasteiger partial charge on any atom is -0.225 e. The molecular formula is C8H7BrF3NO2S. The summed E-state index contributed by atoms with van der Waals surface area (Å²) in [6.45, 7) is 0. The van der Waals surface area contributed by atoms with Gasteiger partial charge in [0, 0.05) is 4.47 Å². The Balaban J connectivity index is 3.36. The van der Waals surface area contributed by atoms with Gasteiger partial charge >= 0.3 is 6.18 Å². The fraction of sp³-hybridized carbons (Fsp3) is 0.250. The molecule has 0 aliphatic carbocycles. The normalized spacial score (nSPS) is 12.8. The molecule has 8 heteroatoms. The lowest BCUT2D eigenvalue weighted by Gasteiger charge is -2.12. The van der Waals surface area contributed by atoms with Gasteiger partial charge in [0.05, 0.1) is 11.3 Å². The maximum atomic E-state index is 12.2. The number of hydrogen-bond acceptors (Lipinski definition) is 2. The van der Waals surface area contributed by atoms with Crippen molar-refractivity contribution in [2.24, 2.45) is 5.14 Å². The van der Waals surface area contributed by atoms with E-state index in [-0.39, 0.29) is 10.0 Å². The van der Waals surface area contributed by atoms with E-state index in [1.807, 2.05) is 0 Å². The van der Waals surface area contributed by atoms with E-state index >= 15 is 0 Å². The highest BCUT2D eigenvalue weighted by atomic mass is 79.9. The van der Waals surface area contributed by atoms with Crippen LogP contribution in [0.5, 0.6) is 0 Å². The zero-order valence-electron chi connectivity index (χ0n) is 7.75. The molecule has 0 amide bonds. The van der Waals surface area contributed by atoms with Crippen LogP contribution >= 0.6 is 15.9 Å². The van der Waals surface area contributed by atoms with Gasteiger partial charge in [0.2, 0.25) is 10.0 Å². The molecule has 0 bridgehead atoms. The Bertz CT molecular complexity index is 498. The predicted molar refractivity (Wildman–Crippen MR) is 55.3 cm³/mol. The minimum absolute atomic E-state index is 0.0661. The van der Waals surface area contributed by atoms with Gasteiger partial charge in [-0.1, -0.05) is 22.0 Å². The highest BCUT2D eigenvalue weighted by molar-refractivity contribution is 9.10. The van der Waals surface area contributed by atoms with Crippen LogP contribution in [0.3, 0.4) is 0 Å². The molecule has 1 rings (SSSR count). The molecule has 90 valence electrons. The van der Waals surface area contributed by atoms with Gasteiger partial charge in [-0.3, -0.25) is 0 Å². The molecule has 0 radical (unpaired) electrons. The van der Waals surface area contributed by atoms with Crippen molar-refractivity contribution >= 4 is 26.0 Å². The Morgan fingerprint density at radius 1 is 1.31 bits per heavy atom. The first kappa shape index (κ1) is 13.5. The van der Waals surface area contributed by atoms with Crippen molar-refractivity contribution < 1.29 is 21.6 Å². The van der Waals surface area contributed by atoms with Crippen LogP contribution in [-0.4, -0.2) is 14.6 Å². The molecule has 16 heavy (non-hydrogen) atoms. The summed E-state index contributed by atoms with van der Waals surface area (Å²) < 4.78 is 58.9. The molecule has 0 aromatic heterocycles. The molecule has 0 unspecified atom stereocenters. The monoisotopic (exact) mass is 317 g/mol. The van der Waals surface area contributed by atoms with E-state index in [1.54, 1.807) is 0 Å². The van der Waals surface area contributed by atoms with Crippen LogP contribution in [0.4, 0.5) is 13.2 Å². The standard InChI is InChI=1S/C8H7BrF3NO2S/c9-6-2-1-3-7(16(13,14)15)5(6)4-8(10,11)12/h1-3H,4H2,(H2,13,14,15). The van der Waals surface area contributed by atoms with Crippen LogP contribution in [0, 0.1) is 0 Å². The van der Waals surface area contributed by atoms with Crippen LogP contribution in [0.15, 0.2) is 27.6 Å². The summed E-state index contributed by atoms with van der Waals surface area (Å²) in [6.07, 6.45) is -5.84. The molecule has 0 atom stereocenters. The first-order valence-electron chi connectivity index (χ1n) is 3.98. The molecule has 1 aromatic rings. The fourth-order valence-corrected chi connectivity index (χ4v) is 2.61. The van der Waals surface area contributed by atoms with E-state index in [2.05, 4.69) is 15.9 Å². The van der Waals surface area contributed by atoms with Gasteiger partial charge in [-0.05, 0) is 17.7 Å². The smallest absolute Gasteiger partial charge is 0.225 e. The van der Waals surface area contributed by atoms with Crippen molar-refractivity contribution in [2.45, 2.75) is 17.5 Å². The number of halogens is 4. The second-order valence-electron chi connectivity index (χ2n) is 3.05. The number of alkyl halides is 3. The highest BCUT2D eigenvalue weighted by Gasteiger charge is 2.31. The van der Waals surface area contributed by atoms with E-state index in [1.165, 1.54) is 12.1 Å². The third kappa shape index (κ3) is 3.46. The van der Waals surface area contributed by atoms with Gasteiger partial charge in [0.25, 0.3) is 0 Å². The largest absolute Gasteiger partial charge is 0.393 e. The fourth-order valence-electron chi connectivity index (χ4n) is 1.18. The van der Waals surface area contributed by atoms with Gasteiger partial charge in [-0.25, -0.2) is 13.6 Å². The first-order valence-corrected chi connectivity index (χ1v) is 6.32. The summed E-state index contributed by atoms with van der Waals surface area (Å²) in [4.78, 5) is -0.515. The summed E-state index contributed by atoms with van der Waals surface area (Å²) in [5, 5.41) is 4.83. The Kier molecular flexibility index (Phi) is 3.65. The molecule has 2 N–H and O–H groups in total. The van der Waals surface area contributed by atoms with E-state index in [0.29, 0.717) is 0 Å². The topological polar surface area (TPSA) is 60.2 Å². The van der Waals surface area contributed by atoms with Crippen LogP contribution in [-0.2, 0) is 16.4 Å². The van der Waals surface area contributed by atoms with Crippen LogP contribution in [0.1, 0.15) is 5.56 Å². The SMILES string of the molecule is NS(=O)(=O)c1cccc(Br)c1CC(F)(F)F. The predicted octanol–water partition coefficient (Wildman–Crippen LogP) is 2.20. The molecule has 0 aliphatic rings. The third-order valence-corrected chi connectivity index (χ3v) is 3.50. The van der Waals surface area contributed by atoms with E-state index in [4.69, 9.17) is 5.14 Å². The number of rotatable bonds is 2. The molecule has 0 heterocycles. The Morgan fingerprint density at radius 3 is 2.31 bits per heavy atom. The summed E-state index contributed by atoms with van der Waals surface area (Å²) in [5.41, 5.74) is -0.377. The average Bonchev–Trinajstić information content (AvgIpc) is 2.04. The molecule has 3 nitrogen and oxygen atoms in total. The number of hydrogen-bond donors (Lipinski definition) is 1. The molecular weight excluding hydrogens is 311 g/mol. The van der Waals surface area contributed by atoms with E-state index in [9.17, 15) is 21.6 Å². The Morgan fingerprint density at radius 2 is 1.88 bits per heavy atom. The van der Waals surface area contributed by atoms with Crippen LogP contribution in [0.25, 0.3) is 0 Å². The van der Waals surface area contributed by atoms with Crippen molar-refractivity contribution in [3.8, 4) is 0 Å². The molecule has 0 aliphatic heterocycles. The van der Waals surface area contributed by atoms with Crippen molar-refractivity contribution in [1.29, 1.82) is 0 Å². The van der Waals surface area contributed by atoms with Crippen LogP contribution < -0.4 is 5.14 Å². The second kappa shape index (κ2) is 4.34. The van der Waals surface area contributed by atoms with Gasteiger partial charge in [-0.15, -0.1) is 0 Å². The number of sulfonamides is 1. The maximum Gasteiger partial charge on any atom is 0.393 e. The van der Waals surface area contributed by atoms with Crippen LogP contribution in [0.2, 0.25) is 0 Å². The van der Waals surface area contributed by atoms with Gasteiger partial charge < -0.3 is 0 Å². The van der Waals surface area contributed by atoms with Crippen molar-refractivity contribution in [3.05, 3.63) is 28.2 Å². The summed E-state index contributed by atoms with van der Waals surface area (Å²) in [6, 6.07) is 3.68. The lowest BCUT2D eigenvalue weighted by molar-refractivity contribution is -0.127. The van der Waals surface area contributed by atoms with E-state index in [0.717, 1.165) is 6.07 Å². The lowest BCUT2D eigenvalue weighted by atomic mass is 10.1. The quantitative estimate of drug-likeness (QED) is 0.909. The van der Waals surface area contributed by atoms with Gasteiger partial charge in [-0.2, -0.15) is 13.2 Å². The number of primary sulfonamides is 1. The molecule has 0 saturated heterocycles. The number of nitrogens with two attached hydrogens (primary N) is 1. The summed E-state index contributed by atoms with van der Waals surface area (Å²) >= 11 is 2.87. The lowest BCUT2D eigenvalue weighted by Crippen LogP contribution is -2.19. The van der Waals surface area contributed by atoms with E-state index < -0.39 is 27.5 Å². The molecule has 0 fully saturated rings. The minimum atomic E-state index is -4.50. The maximum absolute atomic E-state index is 12.2. The highest BCUT2D eigenvalue weighted by Crippen LogP contribution is 2.30. The average molecular weight is 318 g/mol. The number of benzene rings is 1. The summed E-state index contributed by atoms with van der Waals surface area (Å²) in [7, 11) is -4.16. The molecule has 0 spiro atoms. The zero-order chi connectivity index (χ0) is 12.6. The zero-order valence-corrected chi connectivity index (χ0v) is 10.2. The molecule has 1 aromatic carbocycles. The third-order valence-electron chi connectivity index (χ3n) is 1.76. The van der Waals surface area contributed by atoms with Gasteiger partial charge in [0.15, 0.2) is 0 Å². The van der Waals surface area contributed by atoms with Crippen molar-refractivity contribution in [3.63, 3.8) is 0 Å². The van der Waals surface area contributed by atoms with Gasteiger partial charge in [0.1, 0.15) is 0 Å². The summed E-state index contributed by atoms with van der Waals surface area (Å²) in [5.74, 6) is 0. The van der Waals surface area contributed by atoms with Crippen molar-refractivity contribution in [2.75, 3.05) is 0 Å². The Hall–Kier alpha value is -0.600. The second-order valence-corrected chi connectivity index (χ2v) is 5.44. The first-order chi connectivity index (χ1) is 7.11.